The van der Waals surface area contributed by atoms with Crippen molar-refractivity contribution in [1.29, 1.82) is 0 Å². The summed E-state index contributed by atoms with van der Waals surface area (Å²) in [5, 5.41) is 9.81. The number of aryl methyl sites for hydroxylation is 1. The van der Waals surface area contributed by atoms with Crippen LogP contribution in [0.15, 0.2) is 24.4 Å². The number of pyridine rings is 1. The van der Waals surface area contributed by atoms with Gasteiger partial charge in [0.15, 0.2) is 0 Å². The Bertz CT molecular complexity index is 361. The highest BCUT2D eigenvalue weighted by Crippen LogP contribution is 2.12. The van der Waals surface area contributed by atoms with Gasteiger partial charge in [-0.25, -0.2) is 4.98 Å². The van der Waals surface area contributed by atoms with Crippen LogP contribution in [-0.2, 0) is 6.42 Å². The second-order valence-electron chi connectivity index (χ2n) is 3.06. The highest BCUT2D eigenvalue weighted by Gasteiger charge is 1.99. The molecule has 2 heterocycles. The maximum atomic E-state index is 8.67. The molecule has 2 rings (SSSR count). The van der Waals surface area contributed by atoms with Crippen LogP contribution >= 0.6 is 0 Å². The van der Waals surface area contributed by atoms with Crippen molar-refractivity contribution in [2.45, 2.75) is 12.8 Å². The molecule has 0 aliphatic rings. The monoisotopic (exact) mass is 176 g/mol. The number of hydrogen-bond donors (Lipinski definition) is 2. The lowest BCUT2D eigenvalue weighted by atomic mass is 10.2. The van der Waals surface area contributed by atoms with E-state index in [0.717, 1.165) is 29.6 Å². The second kappa shape index (κ2) is 3.58. The molecule has 3 heteroatoms. The third-order valence-corrected chi connectivity index (χ3v) is 2.05. The molecule has 0 spiro atoms. The van der Waals surface area contributed by atoms with E-state index >= 15 is 0 Å². The molecule has 0 aliphatic heterocycles. The van der Waals surface area contributed by atoms with E-state index in [4.69, 9.17) is 5.11 Å². The molecule has 13 heavy (non-hydrogen) atoms. The molecule has 2 N–H and O–H groups in total. The first kappa shape index (κ1) is 8.26. The van der Waals surface area contributed by atoms with Crippen molar-refractivity contribution in [2.24, 2.45) is 0 Å². The van der Waals surface area contributed by atoms with E-state index in [1.807, 2.05) is 12.1 Å². The van der Waals surface area contributed by atoms with Crippen molar-refractivity contribution in [2.75, 3.05) is 6.61 Å². The van der Waals surface area contributed by atoms with Crippen LogP contribution in [0.1, 0.15) is 12.1 Å². The average molecular weight is 176 g/mol. The topological polar surface area (TPSA) is 48.9 Å². The van der Waals surface area contributed by atoms with Gasteiger partial charge in [0.1, 0.15) is 5.65 Å². The molecule has 0 saturated heterocycles. The molecule has 2 aromatic heterocycles. The molecule has 0 aliphatic carbocycles. The Morgan fingerprint density at radius 3 is 3.15 bits per heavy atom. The van der Waals surface area contributed by atoms with Crippen LogP contribution < -0.4 is 0 Å². The van der Waals surface area contributed by atoms with Crippen molar-refractivity contribution in [3.8, 4) is 0 Å². The van der Waals surface area contributed by atoms with Crippen LogP contribution in [0.3, 0.4) is 0 Å². The van der Waals surface area contributed by atoms with E-state index in [1.54, 1.807) is 6.20 Å². The Hall–Kier alpha value is -1.35. The number of fused-ring (bicyclic) bond motifs is 1. The first-order chi connectivity index (χ1) is 6.40. The lowest BCUT2D eigenvalue weighted by molar-refractivity contribution is 0.288. The number of nitrogens with zero attached hydrogens (tertiary/aromatic N) is 1. The predicted molar refractivity (Wildman–Crippen MR) is 51.5 cm³/mol. The van der Waals surface area contributed by atoms with Crippen molar-refractivity contribution in [3.63, 3.8) is 0 Å². The van der Waals surface area contributed by atoms with Gasteiger partial charge in [0.2, 0.25) is 0 Å². The fourth-order valence-corrected chi connectivity index (χ4v) is 1.42. The normalized spacial score (nSPS) is 10.8. The van der Waals surface area contributed by atoms with Crippen molar-refractivity contribution < 1.29 is 5.11 Å². The van der Waals surface area contributed by atoms with Crippen LogP contribution in [0, 0.1) is 0 Å². The molecular formula is C10H12N2O. The van der Waals surface area contributed by atoms with Gasteiger partial charge in [-0.3, -0.25) is 0 Å². The van der Waals surface area contributed by atoms with Crippen molar-refractivity contribution in [1.82, 2.24) is 9.97 Å². The standard InChI is InChI=1S/C10H12N2O/c13-6-2-4-9-7-8-3-1-5-11-10(8)12-9/h1,3,5,7,13H,2,4,6H2,(H,11,12). The first-order valence-electron chi connectivity index (χ1n) is 4.43. The number of rotatable bonds is 3. The number of H-pyrrole nitrogens is 1. The van der Waals surface area contributed by atoms with Gasteiger partial charge in [0, 0.05) is 23.9 Å². The van der Waals surface area contributed by atoms with Crippen molar-refractivity contribution in [3.05, 3.63) is 30.1 Å². The van der Waals surface area contributed by atoms with E-state index in [2.05, 4.69) is 16.0 Å². The summed E-state index contributed by atoms with van der Waals surface area (Å²) in [6, 6.07) is 6.03. The summed E-state index contributed by atoms with van der Waals surface area (Å²) in [6.45, 7) is 0.239. The maximum Gasteiger partial charge on any atom is 0.137 e. The van der Waals surface area contributed by atoms with E-state index in [1.165, 1.54) is 0 Å². The fourth-order valence-electron chi connectivity index (χ4n) is 1.42. The smallest absolute Gasteiger partial charge is 0.137 e. The number of nitrogens with one attached hydrogen (secondary N) is 1. The minimum absolute atomic E-state index is 0.239. The summed E-state index contributed by atoms with van der Waals surface area (Å²) in [5.74, 6) is 0. The Morgan fingerprint density at radius 2 is 2.38 bits per heavy atom. The SMILES string of the molecule is OCCCc1cc2cccnc2[nH]1. The Kier molecular flexibility index (Phi) is 2.27. The first-order valence-corrected chi connectivity index (χ1v) is 4.43. The summed E-state index contributed by atoms with van der Waals surface area (Å²) in [7, 11) is 0. The summed E-state index contributed by atoms with van der Waals surface area (Å²) >= 11 is 0. The molecule has 3 nitrogen and oxygen atoms in total. The van der Waals surface area contributed by atoms with E-state index in [0.29, 0.717) is 0 Å². The van der Waals surface area contributed by atoms with Gasteiger partial charge in [-0.2, -0.15) is 0 Å². The molecule has 2 aromatic rings. The Labute approximate surface area is 76.4 Å². The largest absolute Gasteiger partial charge is 0.396 e. The molecule has 0 bridgehead atoms. The fraction of sp³-hybridized carbons (Fsp3) is 0.300. The molecule has 0 aromatic carbocycles. The van der Waals surface area contributed by atoms with Crippen LogP contribution in [0.25, 0.3) is 11.0 Å². The van der Waals surface area contributed by atoms with Gasteiger partial charge in [0.05, 0.1) is 0 Å². The quantitative estimate of drug-likeness (QED) is 0.744. The number of aliphatic hydroxyl groups is 1. The maximum absolute atomic E-state index is 8.67. The molecular weight excluding hydrogens is 164 g/mol. The zero-order chi connectivity index (χ0) is 9.10. The Morgan fingerprint density at radius 1 is 1.46 bits per heavy atom. The second-order valence-corrected chi connectivity index (χ2v) is 3.06. The number of aromatic nitrogens is 2. The van der Waals surface area contributed by atoms with Crippen LogP contribution in [-0.4, -0.2) is 21.7 Å². The molecule has 0 unspecified atom stereocenters. The lowest BCUT2D eigenvalue weighted by Crippen LogP contribution is -1.88. The van der Waals surface area contributed by atoms with E-state index in [-0.39, 0.29) is 6.61 Å². The van der Waals surface area contributed by atoms with Gasteiger partial charge in [-0.15, -0.1) is 0 Å². The zero-order valence-corrected chi connectivity index (χ0v) is 7.33. The molecule has 0 saturated carbocycles. The van der Waals surface area contributed by atoms with E-state index < -0.39 is 0 Å². The summed E-state index contributed by atoms with van der Waals surface area (Å²) in [6.07, 6.45) is 3.45. The summed E-state index contributed by atoms with van der Waals surface area (Å²) < 4.78 is 0. The van der Waals surface area contributed by atoms with Crippen molar-refractivity contribution >= 4 is 11.0 Å². The van der Waals surface area contributed by atoms with E-state index in [9.17, 15) is 0 Å². The molecule has 0 amide bonds. The molecule has 0 radical (unpaired) electrons. The zero-order valence-electron chi connectivity index (χ0n) is 7.33. The highest BCUT2D eigenvalue weighted by atomic mass is 16.2. The average Bonchev–Trinajstić information content (AvgIpc) is 2.57. The minimum Gasteiger partial charge on any atom is -0.396 e. The molecule has 68 valence electrons. The third-order valence-electron chi connectivity index (χ3n) is 2.05. The Balaban J connectivity index is 2.28. The lowest BCUT2D eigenvalue weighted by Gasteiger charge is -1.91. The summed E-state index contributed by atoms with van der Waals surface area (Å²) in [4.78, 5) is 7.40. The van der Waals surface area contributed by atoms with Gasteiger partial charge < -0.3 is 10.1 Å². The van der Waals surface area contributed by atoms with Crippen LogP contribution in [0.4, 0.5) is 0 Å². The summed E-state index contributed by atoms with van der Waals surface area (Å²) in [5.41, 5.74) is 2.07. The van der Waals surface area contributed by atoms with Gasteiger partial charge in [-0.05, 0) is 31.0 Å². The number of hydrogen-bond acceptors (Lipinski definition) is 2. The highest BCUT2D eigenvalue weighted by molar-refractivity contribution is 5.76. The number of aromatic amines is 1. The molecule has 0 atom stereocenters. The predicted octanol–water partition coefficient (Wildman–Crippen LogP) is 1.49. The van der Waals surface area contributed by atoms with Crippen LogP contribution in [0.2, 0.25) is 0 Å². The minimum atomic E-state index is 0.239. The van der Waals surface area contributed by atoms with Gasteiger partial charge in [-0.1, -0.05) is 0 Å². The molecule has 0 fully saturated rings. The van der Waals surface area contributed by atoms with Gasteiger partial charge in [0.25, 0.3) is 0 Å². The number of aliphatic hydroxyl groups excluding tert-OH is 1. The third kappa shape index (κ3) is 1.70. The van der Waals surface area contributed by atoms with Gasteiger partial charge >= 0.3 is 0 Å². The van der Waals surface area contributed by atoms with Crippen LogP contribution in [0.5, 0.6) is 0 Å².